The van der Waals surface area contributed by atoms with Crippen LogP contribution in [0.5, 0.6) is 0 Å². The highest BCUT2D eigenvalue weighted by Gasteiger charge is 2.18. The molecule has 37 heavy (non-hydrogen) atoms. The number of rotatable bonds is 9. The van der Waals surface area contributed by atoms with Crippen molar-refractivity contribution in [3.63, 3.8) is 0 Å². The Morgan fingerprint density at radius 1 is 0.838 bits per heavy atom. The molecular weight excluding hydrogens is 486 g/mol. The van der Waals surface area contributed by atoms with Gasteiger partial charge in [0, 0.05) is 28.0 Å². The second kappa shape index (κ2) is 12.3. The first kappa shape index (κ1) is 25.4. The predicted octanol–water partition coefficient (Wildman–Crippen LogP) is 6.30. The molecule has 0 aromatic heterocycles. The van der Waals surface area contributed by atoms with Crippen LogP contribution in [0.3, 0.4) is 0 Å². The van der Waals surface area contributed by atoms with Crippen molar-refractivity contribution in [3.05, 3.63) is 142 Å². The molecule has 0 saturated heterocycles. The molecule has 4 aromatic rings. The van der Waals surface area contributed by atoms with Crippen molar-refractivity contribution in [2.45, 2.75) is 10.6 Å². The average molecular weight is 510 g/mol. The quantitative estimate of drug-likeness (QED) is 0.119. The summed E-state index contributed by atoms with van der Waals surface area (Å²) in [6.45, 7) is 0. The molecule has 2 amide bonds. The van der Waals surface area contributed by atoms with Crippen LogP contribution in [0.2, 0.25) is 0 Å². The van der Waals surface area contributed by atoms with Gasteiger partial charge in [0.25, 0.3) is 17.5 Å². The summed E-state index contributed by atoms with van der Waals surface area (Å²) >= 11 is 1.63. The molecule has 0 aliphatic heterocycles. The summed E-state index contributed by atoms with van der Waals surface area (Å²) in [5, 5.41) is 16.9. The van der Waals surface area contributed by atoms with Gasteiger partial charge in [-0.25, -0.2) is 0 Å². The minimum absolute atomic E-state index is 0.120. The van der Waals surface area contributed by atoms with E-state index in [9.17, 15) is 19.7 Å². The van der Waals surface area contributed by atoms with Gasteiger partial charge in [-0.15, -0.1) is 11.8 Å². The lowest BCUT2D eigenvalue weighted by molar-refractivity contribution is -0.385. The Labute approximate surface area is 218 Å². The molecule has 0 bridgehead atoms. The van der Waals surface area contributed by atoms with Gasteiger partial charge in [0.1, 0.15) is 5.70 Å². The van der Waals surface area contributed by atoms with Crippen LogP contribution in [0.4, 0.5) is 11.4 Å². The van der Waals surface area contributed by atoms with Crippen LogP contribution in [-0.2, 0) is 10.5 Å². The van der Waals surface area contributed by atoms with E-state index in [1.807, 2.05) is 48.5 Å². The lowest BCUT2D eigenvalue weighted by Crippen LogP contribution is -2.30. The Kier molecular flexibility index (Phi) is 8.46. The van der Waals surface area contributed by atoms with Crippen LogP contribution >= 0.6 is 11.8 Å². The Hall–Kier alpha value is -4.69. The van der Waals surface area contributed by atoms with Gasteiger partial charge in [-0.3, -0.25) is 19.7 Å². The first-order valence-electron chi connectivity index (χ1n) is 11.4. The molecule has 4 rings (SSSR count). The van der Waals surface area contributed by atoms with E-state index in [1.54, 1.807) is 54.2 Å². The second-order valence-electron chi connectivity index (χ2n) is 7.95. The summed E-state index contributed by atoms with van der Waals surface area (Å²) in [6.07, 6.45) is 1.31. The standard InChI is InChI=1S/C29H23N3O4S/c33-28(22-12-5-2-6-13-22)31-26(18-23-14-7-8-17-27(23)32(35)36)29(34)30-24-15-9-16-25(19-24)37-20-21-10-3-1-4-11-21/h1-19H,20H2,(H,30,34)(H,31,33)/b26-18+. The number of carbonyl (C=O) groups excluding carboxylic acids is 2. The van der Waals surface area contributed by atoms with Crippen LogP contribution in [0, 0.1) is 10.1 Å². The second-order valence-corrected chi connectivity index (χ2v) is 9.00. The largest absolute Gasteiger partial charge is 0.321 e. The highest BCUT2D eigenvalue weighted by atomic mass is 32.2. The van der Waals surface area contributed by atoms with Crippen LogP contribution in [0.1, 0.15) is 21.5 Å². The molecule has 0 unspecified atom stereocenters. The summed E-state index contributed by atoms with van der Waals surface area (Å²) in [5.41, 5.74) is 1.96. The fraction of sp³-hybridized carbons (Fsp3) is 0.0345. The van der Waals surface area contributed by atoms with Gasteiger partial charge in [0.15, 0.2) is 0 Å². The smallest absolute Gasteiger partial charge is 0.276 e. The van der Waals surface area contributed by atoms with Gasteiger partial charge < -0.3 is 10.6 Å². The van der Waals surface area contributed by atoms with E-state index >= 15 is 0 Å². The monoisotopic (exact) mass is 509 g/mol. The molecule has 0 radical (unpaired) electrons. The Balaban J connectivity index is 1.57. The molecular formula is C29H23N3O4S. The number of nitrogens with one attached hydrogen (secondary N) is 2. The van der Waals surface area contributed by atoms with E-state index in [-0.39, 0.29) is 16.9 Å². The third-order valence-corrected chi connectivity index (χ3v) is 6.37. The van der Waals surface area contributed by atoms with Crippen molar-refractivity contribution in [3.8, 4) is 0 Å². The van der Waals surface area contributed by atoms with Gasteiger partial charge >= 0.3 is 0 Å². The van der Waals surface area contributed by atoms with E-state index in [2.05, 4.69) is 10.6 Å². The topological polar surface area (TPSA) is 101 Å². The van der Waals surface area contributed by atoms with Crippen molar-refractivity contribution < 1.29 is 14.5 Å². The van der Waals surface area contributed by atoms with E-state index in [0.717, 1.165) is 10.6 Å². The number of amides is 2. The fourth-order valence-corrected chi connectivity index (χ4v) is 4.39. The lowest BCUT2D eigenvalue weighted by atomic mass is 10.1. The number of carbonyl (C=O) groups is 2. The summed E-state index contributed by atoms with van der Waals surface area (Å²) < 4.78 is 0. The highest BCUT2D eigenvalue weighted by molar-refractivity contribution is 7.98. The summed E-state index contributed by atoms with van der Waals surface area (Å²) in [6, 6.07) is 31.8. The summed E-state index contributed by atoms with van der Waals surface area (Å²) in [7, 11) is 0. The maximum atomic E-state index is 13.3. The van der Waals surface area contributed by atoms with Crippen LogP contribution in [-0.4, -0.2) is 16.7 Å². The Morgan fingerprint density at radius 2 is 1.51 bits per heavy atom. The number of nitro groups is 1. The van der Waals surface area contributed by atoms with Gasteiger partial charge in [0.2, 0.25) is 0 Å². The molecule has 0 spiro atoms. The number of nitrogens with zero attached hydrogens (tertiary/aromatic N) is 1. The van der Waals surface area contributed by atoms with Gasteiger partial charge in [-0.2, -0.15) is 0 Å². The molecule has 0 heterocycles. The number of hydrogen-bond acceptors (Lipinski definition) is 5. The molecule has 0 saturated carbocycles. The van der Waals surface area contributed by atoms with Crippen LogP contribution < -0.4 is 10.6 Å². The van der Waals surface area contributed by atoms with Crippen molar-refractivity contribution in [2.24, 2.45) is 0 Å². The highest BCUT2D eigenvalue weighted by Crippen LogP contribution is 2.26. The van der Waals surface area contributed by atoms with Gasteiger partial charge in [-0.1, -0.05) is 66.7 Å². The van der Waals surface area contributed by atoms with Crippen molar-refractivity contribution in [1.82, 2.24) is 5.32 Å². The number of benzene rings is 4. The third-order valence-electron chi connectivity index (χ3n) is 5.30. The molecule has 4 aromatic carbocycles. The van der Waals surface area contributed by atoms with E-state index in [1.165, 1.54) is 29.8 Å². The van der Waals surface area contributed by atoms with E-state index < -0.39 is 16.7 Å². The summed E-state index contributed by atoms with van der Waals surface area (Å²) in [5.74, 6) is -0.339. The number of thioether (sulfide) groups is 1. The van der Waals surface area contributed by atoms with Crippen LogP contribution in [0.15, 0.2) is 120 Å². The first-order valence-corrected chi connectivity index (χ1v) is 12.4. The minimum atomic E-state index is -0.604. The minimum Gasteiger partial charge on any atom is -0.321 e. The first-order chi connectivity index (χ1) is 18.0. The zero-order chi connectivity index (χ0) is 26.0. The van der Waals surface area contributed by atoms with Crippen molar-refractivity contribution >= 4 is 41.0 Å². The average Bonchev–Trinajstić information content (AvgIpc) is 2.93. The van der Waals surface area contributed by atoms with Crippen molar-refractivity contribution in [1.29, 1.82) is 0 Å². The normalized spacial score (nSPS) is 11.0. The van der Waals surface area contributed by atoms with Crippen LogP contribution in [0.25, 0.3) is 6.08 Å². The molecule has 2 N–H and O–H groups in total. The van der Waals surface area contributed by atoms with Gasteiger partial charge in [0.05, 0.1) is 10.5 Å². The van der Waals surface area contributed by atoms with E-state index in [0.29, 0.717) is 11.3 Å². The zero-order valence-corrected chi connectivity index (χ0v) is 20.5. The summed E-state index contributed by atoms with van der Waals surface area (Å²) in [4.78, 5) is 38.0. The maximum absolute atomic E-state index is 13.3. The molecule has 8 heteroatoms. The molecule has 0 atom stereocenters. The number of anilines is 1. The molecule has 0 aliphatic carbocycles. The van der Waals surface area contributed by atoms with Gasteiger partial charge in [-0.05, 0) is 48.0 Å². The Morgan fingerprint density at radius 3 is 2.24 bits per heavy atom. The molecule has 0 aliphatic rings. The van der Waals surface area contributed by atoms with E-state index in [4.69, 9.17) is 0 Å². The molecule has 184 valence electrons. The molecule has 0 fully saturated rings. The SMILES string of the molecule is O=C(Nc1cccc(SCc2ccccc2)c1)/C(=C\c1ccccc1[N+](=O)[O-])NC(=O)c1ccccc1. The predicted molar refractivity (Wildman–Crippen MR) is 146 cm³/mol. The maximum Gasteiger partial charge on any atom is 0.276 e. The van der Waals surface area contributed by atoms with Crippen molar-refractivity contribution in [2.75, 3.05) is 5.32 Å². The number of hydrogen-bond donors (Lipinski definition) is 2. The fourth-order valence-electron chi connectivity index (χ4n) is 3.48. The zero-order valence-electron chi connectivity index (χ0n) is 19.7. The lowest BCUT2D eigenvalue weighted by Gasteiger charge is -2.12. The number of para-hydroxylation sites is 1. The molecule has 7 nitrogen and oxygen atoms in total. The third kappa shape index (κ3) is 7.16. The Bertz CT molecular complexity index is 1440. The number of nitro benzene ring substituents is 1.